The number of hydrogen-bond donors (Lipinski definition) is 1. The minimum Gasteiger partial charge on any atom is -0.490 e. The number of piperidine rings is 1. The van der Waals surface area contributed by atoms with E-state index < -0.39 is 0 Å². The van der Waals surface area contributed by atoms with Crippen molar-refractivity contribution in [3.05, 3.63) is 138 Å². The zero-order valence-corrected chi connectivity index (χ0v) is 27.0. The summed E-state index contributed by atoms with van der Waals surface area (Å²) < 4.78 is 6.35. The number of carbonyl (C=O) groups excluding carboxylic acids is 1. The molecule has 6 heteroatoms. The lowest BCUT2D eigenvalue weighted by atomic mass is 9.90. The fraction of sp³-hybridized carbons (Fsp3) is 0.375. The van der Waals surface area contributed by atoms with Gasteiger partial charge in [-0.15, -0.1) is 0 Å². The van der Waals surface area contributed by atoms with Crippen LogP contribution in [0.4, 0.5) is 0 Å². The SMILES string of the molecule is O=C(NCCCN1CCN(Cc2ccccc2)CC1)c1ccc(OC2CCN(CC(c3ccccc3)c3ccccc3)CC2)cc1. The van der Waals surface area contributed by atoms with Crippen molar-refractivity contribution >= 4 is 5.91 Å². The molecule has 4 aromatic carbocycles. The van der Waals surface area contributed by atoms with Gasteiger partial charge < -0.3 is 19.9 Å². The Balaban J connectivity index is 0.880. The van der Waals surface area contributed by atoms with E-state index in [0.29, 0.717) is 18.0 Å². The van der Waals surface area contributed by atoms with Crippen molar-refractivity contribution < 1.29 is 9.53 Å². The number of carbonyl (C=O) groups is 1. The standard InChI is InChI=1S/C40H48N4O2/c45-40(41-23-10-24-42-27-29-44(30-28-42)31-33-11-4-1-5-12-33)36-17-19-37(20-18-36)46-38-21-25-43(26-22-38)32-39(34-13-6-2-7-14-34)35-15-8-3-9-16-35/h1-9,11-20,38-39H,10,21-32H2,(H,41,45). The third-order valence-corrected chi connectivity index (χ3v) is 9.45. The third-order valence-electron chi connectivity index (χ3n) is 9.45. The fourth-order valence-corrected chi connectivity index (χ4v) is 6.74. The highest BCUT2D eigenvalue weighted by molar-refractivity contribution is 5.94. The molecule has 6 nitrogen and oxygen atoms in total. The molecule has 0 bridgehead atoms. The molecule has 2 saturated heterocycles. The van der Waals surface area contributed by atoms with Crippen LogP contribution < -0.4 is 10.1 Å². The van der Waals surface area contributed by atoms with E-state index in [-0.39, 0.29) is 12.0 Å². The molecule has 0 aliphatic carbocycles. The summed E-state index contributed by atoms with van der Waals surface area (Å²) in [7, 11) is 0. The van der Waals surface area contributed by atoms with Crippen LogP contribution in [0.1, 0.15) is 52.2 Å². The molecule has 6 rings (SSSR count). The Labute approximate surface area is 275 Å². The molecule has 2 heterocycles. The Morgan fingerprint density at radius 2 is 1.24 bits per heavy atom. The van der Waals surface area contributed by atoms with Gasteiger partial charge >= 0.3 is 0 Å². The number of nitrogens with one attached hydrogen (secondary N) is 1. The molecular formula is C40H48N4O2. The molecule has 0 saturated carbocycles. The molecule has 0 atom stereocenters. The first-order valence-electron chi connectivity index (χ1n) is 17.1. The van der Waals surface area contributed by atoms with Gasteiger partial charge in [-0.1, -0.05) is 91.0 Å². The first-order valence-corrected chi connectivity index (χ1v) is 17.1. The predicted molar refractivity (Wildman–Crippen MR) is 186 cm³/mol. The first kappa shape index (κ1) is 32.0. The number of benzene rings is 4. The quantitative estimate of drug-likeness (QED) is 0.179. The summed E-state index contributed by atoms with van der Waals surface area (Å²) in [6.45, 7) is 10.1. The summed E-state index contributed by atoms with van der Waals surface area (Å²) in [6.07, 6.45) is 3.16. The van der Waals surface area contributed by atoms with Crippen molar-refractivity contribution in [2.75, 3.05) is 58.9 Å². The third kappa shape index (κ3) is 9.29. The van der Waals surface area contributed by atoms with Crippen molar-refractivity contribution in [1.82, 2.24) is 20.0 Å². The van der Waals surface area contributed by atoms with E-state index in [1.54, 1.807) is 0 Å². The van der Waals surface area contributed by atoms with Gasteiger partial charge in [-0.05, 0) is 66.8 Å². The van der Waals surface area contributed by atoms with Gasteiger partial charge in [-0.2, -0.15) is 0 Å². The number of hydrogen-bond acceptors (Lipinski definition) is 5. The van der Waals surface area contributed by atoms with Gasteiger partial charge in [0.25, 0.3) is 5.91 Å². The summed E-state index contributed by atoms with van der Waals surface area (Å²) in [4.78, 5) is 20.4. The van der Waals surface area contributed by atoms with E-state index in [1.165, 1.54) is 16.7 Å². The van der Waals surface area contributed by atoms with Gasteiger partial charge in [0.15, 0.2) is 0 Å². The summed E-state index contributed by atoms with van der Waals surface area (Å²) in [6, 6.07) is 40.1. The molecule has 4 aromatic rings. The second kappa shape index (κ2) is 16.5. The number of amides is 1. The van der Waals surface area contributed by atoms with Crippen molar-refractivity contribution in [1.29, 1.82) is 0 Å². The monoisotopic (exact) mass is 616 g/mol. The Bertz CT molecular complexity index is 1410. The van der Waals surface area contributed by atoms with E-state index >= 15 is 0 Å². The molecule has 0 radical (unpaired) electrons. The van der Waals surface area contributed by atoms with Crippen LogP contribution in [0.25, 0.3) is 0 Å². The number of rotatable bonds is 13. The van der Waals surface area contributed by atoms with Crippen molar-refractivity contribution in [3.63, 3.8) is 0 Å². The van der Waals surface area contributed by atoms with Crippen LogP contribution in [0.3, 0.4) is 0 Å². The summed E-state index contributed by atoms with van der Waals surface area (Å²) in [5, 5.41) is 3.10. The average Bonchev–Trinajstić information content (AvgIpc) is 3.12. The Morgan fingerprint density at radius 3 is 1.85 bits per heavy atom. The molecule has 2 fully saturated rings. The van der Waals surface area contributed by atoms with Gasteiger partial charge in [-0.3, -0.25) is 9.69 Å². The fourth-order valence-electron chi connectivity index (χ4n) is 6.74. The highest BCUT2D eigenvalue weighted by Crippen LogP contribution is 2.28. The van der Waals surface area contributed by atoms with Crippen LogP contribution in [0.2, 0.25) is 0 Å². The van der Waals surface area contributed by atoms with Crippen LogP contribution in [0, 0.1) is 0 Å². The van der Waals surface area contributed by atoms with Gasteiger partial charge in [0.2, 0.25) is 0 Å². The zero-order chi connectivity index (χ0) is 31.4. The van der Waals surface area contributed by atoms with Crippen LogP contribution >= 0.6 is 0 Å². The highest BCUT2D eigenvalue weighted by atomic mass is 16.5. The molecule has 1 N–H and O–H groups in total. The average molecular weight is 617 g/mol. The summed E-state index contributed by atoms with van der Waals surface area (Å²) >= 11 is 0. The van der Waals surface area contributed by atoms with E-state index in [0.717, 1.165) is 83.9 Å². The Kier molecular flexibility index (Phi) is 11.5. The summed E-state index contributed by atoms with van der Waals surface area (Å²) in [5.74, 6) is 1.19. The number of piperazine rings is 1. The minimum atomic E-state index is -0.0149. The maximum atomic E-state index is 12.8. The molecule has 1 amide bonds. The lowest BCUT2D eigenvalue weighted by molar-refractivity contribution is 0.0946. The van der Waals surface area contributed by atoms with Gasteiger partial charge in [0.05, 0.1) is 0 Å². The first-order chi connectivity index (χ1) is 22.7. The molecule has 0 aromatic heterocycles. The maximum absolute atomic E-state index is 12.8. The zero-order valence-electron chi connectivity index (χ0n) is 27.0. The number of nitrogens with zero attached hydrogens (tertiary/aromatic N) is 3. The number of ether oxygens (including phenoxy) is 1. The van der Waals surface area contributed by atoms with Crippen LogP contribution in [0.15, 0.2) is 115 Å². The molecule has 0 spiro atoms. The molecule has 240 valence electrons. The largest absolute Gasteiger partial charge is 0.490 e. The topological polar surface area (TPSA) is 48.1 Å². The van der Waals surface area contributed by atoms with E-state index in [4.69, 9.17) is 4.74 Å². The van der Waals surface area contributed by atoms with Gasteiger partial charge in [0.1, 0.15) is 11.9 Å². The molecule has 2 aliphatic rings. The smallest absolute Gasteiger partial charge is 0.251 e. The van der Waals surface area contributed by atoms with Crippen molar-refractivity contribution in [2.24, 2.45) is 0 Å². The minimum absolute atomic E-state index is 0.0149. The van der Waals surface area contributed by atoms with E-state index in [1.807, 2.05) is 24.3 Å². The molecule has 0 unspecified atom stereocenters. The number of likely N-dealkylation sites (tertiary alicyclic amines) is 1. The molecule has 46 heavy (non-hydrogen) atoms. The molecular weight excluding hydrogens is 568 g/mol. The molecule has 2 aliphatic heterocycles. The van der Waals surface area contributed by atoms with Crippen LogP contribution in [-0.4, -0.2) is 85.6 Å². The normalized spacial score (nSPS) is 16.8. The van der Waals surface area contributed by atoms with Crippen molar-refractivity contribution in [2.45, 2.75) is 37.8 Å². The second-order valence-corrected chi connectivity index (χ2v) is 12.7. The van der Waals surface area contributed by atoms with Gasteiger partial charge in [0, 0.05) is 70.4 Å². The predicted octanol–water partition coefficient (Wildman–Crippen LogP) is 6.30. The lowest BCUT2D eigenvalue weighted by Gasteiger charge is -2.34. The van der Waals surface area contributed by atoms with Crippen LogP contribution in [-0.2, 0) is 6.54 Å². The van der Waals surface area contributed by atoms with Gasteiger partial charge in [-0.25, -0.2) is 0 Å². The lowest BCUT2D eigenvalue weighted by Crippen LogP contribution is -2.46. The van der Waals surface area contributed by atoms with Crippen molar-refractivity contribution in [3.8, 4) is 5.75 Å². The highest BCUT2D eigenvalue weighted by Gasteiger charge is 2.24. The van der Waals surface area contributed by atoms with E-state index in [2.05, 4.69) is 111 Å². The van der Waals surface area contributed by atoms with E-state index in [9.17, 15) is 4.79 Å². The summed E-state index contributed by atoms with van der Waals surface area (Å²) in [5.41, 5.74) is 4.80. The Hall–Kier alpha value is -3.97. The van der Waals surface area contributed by atoms with Crippen LogP contribution in [0.5, 0.6) is 5.75 Å². The Morgan fingerprint density at radius 1 is 0.674 bits per heavy atom. The second-order valence-electron chi connectivity index (χ2n) is 12.7. The maximum Gasteiger partial charge on any atom is 0.251 e.